The summed E-state index contributed by atoms with van der Waals surface area (Å²) in [4.78, 5) is 20.2. The quantitative estimate of drug-likeness (QED) is 0.925. The van der Waals surface area contributed by atoms with Crippen LogP contribution in [0.1, 0.15) is 40.4 Å². The van der Waals surface area contributed by atoms with Gasteiger partial charge in [0.05, 0.1) is 11.1 Å². The lowest BCUT2D eigenvalue weighted by atomic mass is 10.0. The number of pyridine rings is 1. The van der Waals surface area contributed by atoms with E-state index in [-0.39, 0.29) is 5.91 Å². The van der Waals surface area contributed by atoms with Crippen LogP contribution in [-0.2, 0) is 0 Å². The molecular weight excluding hydrogens is 298 g/mol. The van der Waals surface area contributed by atoms with E-state index < -0.39 is 0 Å². The number of fused-ring (bicyclic) bond motifs is 2. The highest BCUT2D eigenvalue weighted by atomic mass is 16.2. The van der Waals surface area contributed by atoms with Gasteiger partial charge in [0.25, 0.3) is 5.91 Å². The summed E-state index contributed by atoms with van der Waals surface area (Å²) in [5, 5.41) is 4.46. The van der Waals surface area contributed by atoms with Crippen molar-refractivity contribution in [1.82, 2.24) is 15.2 Å². The standard InChI is InChI=1S/C20H23N3O/c1-12-2-5-18-16(6-12)17(7-19(22-18)13-3-4-13)20(24)23-10-14-8-21-9-15(14)11-23/h2,5-7,13-15,21H,3-4,8-11H2,1H3/t14-,15+. The highest BCUT2D eigenvalue weighted by Gasteiger charge is 2.39. The number of aromatic nitrogens is 1. The normalized spacial score (nSPS) is 26.1. The van der Waals surface area contributed by atoms with Crippen LogP contribution in [0.5, 0.6) is 0 Å². The first-order valence-electron chi connectivity index (χ1n) is 9.10. The Hall–Kier alpha value is -1.94. The summed E-state index contributed by atoms with van der Waals surface area (Å²) in [6.07, 6.45) is 2.41. The maximum atomic E-state index is 13.3. The third-order valence-corrected chi connectivity index (χ3v) is 5.89. The van der Waals surface area contributed by atoms with Crippen molar-refractivity contribution >= 4 is 16.8 Å². The molecule has 2 aliphatic heterocycles. The number of carbonyl (C=O) groups is 1. The van der Waals surface area contributed by atoms with E-state index in [0.717, 1.165) is 48.3 Å². The molecule has 0 unspecified atom stereocenters. The number of likely N-dealkylation sites (tertiary alicyclic amines) is 1. The lowest BCUT2D eigenvalue weighted by molar-refractivity contribution is 0.0783. The van der Waals surface area contributed by atoms with Crippen molar-refractivity contribution in [2.24, 2.45) is 11.8 Å². The van der Waals surface area contributed by atoms with Gasteiger partial charge < -0.3 is 10.2 Å². The second-order valence-electron chi connectivity index (χ2n) is 7.78. The van der Waals surface area contributed by atoms with E-state index in [1.807, 2.05) is 0 Å². The fraction of sp³-hybridized carbons (Fsp3) is 0.500. The molecule has 1 N–H and O–H groups in total. The van der Waals surface area contributed by atoms with Gasteiger partial charge in [0.1, 0.15) is 0 Å². The summed E-state index contributed by atoms with van der Waals surface area (Å²) in [7, 11) is 0. The van der Waals surface area contributed by atoms with Crippen molar-refractivity contribution in [2.75, 3.05) is 26.2 Å². The second kappa shape index (κ2) is 5.28. The number of nitrogens with one attached hydrogen (secondary N) is 1. The Morgan fingerprint density at radius 2 is 1.92 bits per heavy atom. The third kappa shape index (κ3) is 2.32. The second-order valence-corrected chi connectivity index (χ2v) is 7.78. The molecule has 124 valence electrons. The van der Waals surface area contributed by atoms with Crippen LogP contribution in [0.15, 0.2) is 24.3 Å². The van der Waals surface area contributed by atoms with E-state index in [1.54, 1.807) is 0 Å². The number of hydrogen-bond donors (Lipinski definition) is 1. The largest absolute Gasteiger partial charge is 0.338 e. The summed E-state index contributed by atoms with van der Waals surface area (Å²) >= 11 is 0. The molecule has 2 atom stereocenters. The molecule has 1 amide bonds. The fourth-order valence-corrected chi connectivity index (χ4v) is 4.32. The Bertz CT molecular complexity index is 815. The lowest BCUT2D eigenvalue weighted by Gasteiger charge is -2.19. The van der Waals surface area contributed by atoms with Crippen molar-refractivity contribution in [2.45, 2.75) is 25.7 Å². The monoisotopic (exact) mass is 321 g/mol. The Kier molecular flexibility index (Phi) is 3.17. The zero-order valence-corrected chi connectivity index (χ0v) is 14.1. The molecule has 4 nitrogen and oxygen atoms in total. The number of rotatable bonds is 2. The Morgan fingerprint density at radius 3 is 2.62 bits per heavy atom. The van der Waals surface area contributed by atoms with E-state index in [1.165, 1.54) is 18.4 Å². The van der Waals surface area contributed by atoms with Gasteiger partial charge in [0.15, 0.2) is 0 Å². The number of aryl methyl sites for hydroxylation is 1. The van der Waals surface area contributed by atoms with Crippen molar-refractivity contribution in [3.63, 3.8) is 0 Å². The lowest BCUT2D eigenvalue weighted by Crippen LogP contribution is -2.32. The van der Waals surface area contributed by atoms with Gasteiger partial charge in [0, 0.05) is 43.2 Å². The van der Waals surface area contributed by atoms with E-state index in [0.29, 0.717) is 17.8 Å². The average Bonchev–Trinajstić information content (AvgIpc) is 3.21. The van der Waals surface area contributed by atoms with Gasteiger partial charge in [-0.3, -0.25) is 9.78 Å². The van der Waals surface area contributed by atoms with Crippen LogP contribution in [0.4, 0.5) is 0 Å². The summed E-state index contributed by atoms with van der Waals surface area (Å²) in [5.74, 6) is 2.02. The number of nitrogens with zero attached hydrogens (tertiary/aromatic N) is 2. The van der Waals surface area contributed by atoms with E-state index in [2.05, 4.69) is 41.4 Å². The minimum atomic E-state index is 0.198. The SMILES string of the molecule is Cc1ccc2nc(C3CC3)cc(C(=O)N3C[C@H]4CNC[C@H]4C3)c2c1. The minimum Gasteiger partial charge on any atom is -0.338 e. The molecule has 0 radical (unpaired) electrons. The van der Waals surface area contributed by atoms with Crippen LogP contribution in [0, 0.1) is 18.8 Å². The number of hydrogen-bond acceptors (Lipinski definition) is 3. The Balaban J connectivity index is 1.57. The molecule has 1 aromatic carbocycles. The molecular formula is C20H23N3O. The van der Waals surface area contributed by atoms with Gasteiger partial charge >= 0.3 is 0 Å². The van der Waals surface area contributed by atoms with Crippen LogP contribution >= 0.6 is 0 Å². The highest BCUT2D eigenvalue weighted by molar-refractivity contribution is 6.06. The van der Waals surface area contributed by atoms with E-state index >= 15 is 0 Å². The number of amides is 1. The average molecular weight is 321 g/mol. The number of carbonyl (C=O) groups excluding carboxylic acids is 1. The van der Waals surface area contributed by atoms with Gasteiger partial charge in [-0.15, -0.1) is 0 Å². The molecule has 3 fully saturated rings. The summed E-state index contributed by atoms with van der Waals surface area (Å²) in [5.41, 5.74) is 4.11. The first-order chi connectivity index (χ1) is 11.7. The molecule has 2 aromatic rings. The van der Waals surface area contributed by atoms with Gasteiger partial charge in [-0.05, 0) is 49.8 Å². The van der Waals surface area contributed by atoms with E-state index in [4.69, 9.17) is 4.98 Å². The molecule has 2 saturated heterocycles. The van der Waals surface area contributed by atoms with Crippen LogP contribution < -0.4 is 5.32 Å². The summed E-state index contributed by atoms with van der Waals surface area (Å²) in [6.45, 7) is 5.97. The molecule has 4 heteroatoms. The molecule has 3 aliphatic rings. The molecule has 3 heterocycles. The van der Waals surface area contributed by atoms with Crippen molar-refractivity contribution < 1.29 is 4.79 Å². The molecule has 5 rings (SSSR count). The molecule has 0 bridgehead atoms. The molecule has 24 heavy (non-hydrogen) atoms. The third-order valence-electron chi connectivity index (χ3n) is 5.89. The number of benzene rings is 1. The molecule has 1 aliphatic carbocycles. The van der Waals surface area contributed by atoms with Gasteiger partial charge in [0.2, 0.25) is 0 Å². The smallest absolute Gasteiger partial charge is 0.254 e. The maximum Gasteiger partial charge on any atom is 0.254 e. The summed E-state index contributed by atoms with van der Waals surface area (Å²) < 4.78 is 0. The van der Waals surface area contributed by atoms with Crippen LogP contribution in [-0.4, -0.2) is 42.0 Å². The van der Waals surface area contributed by atoms with Gasteiger partial charge in [-0.1, -0.05) is 11.6 Å². The topological polar surface area (TPSA) is 45.2 Å². The van der Waals surface area contributed by atoms with Crippen molar-refractivity contribution in [3.8, 4) is 0 Å². The minimum absolute atomic E-state index is 0.198. The predicted molar refractivity (Wildman–Crippen MR) is 94.2 cm³/mol. The van der Waals surface area contributed by atoms with Crippen LogP contribution in [0.2, 0.25) is 0 Å². The van der Waals surface area contributed by atoms with Crippen LogP contribution in [0.3, 0.4) is 0 Å². The Morgan fingerprint density at radius 1 is 1.17 bits per heavy atom. The summed E-state index contributed by atoms with van der Waals surface area (Å²) in [6, 6.07) is 8.35. The first kappa shape index (κ1) is 14.4. The first-order valence-corrected chi connectivity index (χ1v) is 9.10. The fourth-order valence-electron chi connectivity index (χ4n) is 4.32. The van der Waals surface area contributed by atoms with Crippen molar-refractivity contribution in [3.05, 3.63) is 41.1 Å². The Labute approximate surface area is 142 Å². The maximum absolute atomic E-state index is 13.3. The molecule has 0 spiro atoms. The van der Waals surface area contributed by atoms with Crippen molar-refractivity contribution in [1.29, 1.82) is 0 Å². The molecule has 1 saturated carbocycles. The zero-order chi connectivity index (χ0) is 16.3. The molecule has 1 aromatic heterocycles. The van der Waals surface area contributed by atoms with E-state index in [9.17, 15) is 4.79 Å². The zero-order valence-electron chi connectivity index (χ0n) is 14.1. The van der Waals surface area contributed by atoms with Gasteiger partial charge in [-0.25, -0.2) is 0 Å². The van der Waals surface area contributed by atoms with Crippen LogP contribution in [0.25, 0.3) is 10.9 Å². The predicted octanol–water partition coefficient (Wildman–Crippen LogP) is 2.71. The highest BCUT2D eigenvalue weighted by Crippen LogP contribution is 2.40. The van der Waals surface area contributed by atoms with Gasteiger partial charge in [-0.2, -0.15) is 0 Å².